The molecule has 0 aromatic heterocycles. The van der Waals surface area contributed by atoms with Gasteiger partial charge in [0.1, 0.15) is 5.75 Å². The van der Waals surface area contributed by atoms with Crippen molar-refractivity contribution in [2.75, 3.05) is 18.5 Å². The molecule has 132 valence electrons. The van der Waals surface area contributed by atoms with Gasteiger partial charge in [-0.05, 0) is 24.6 Å². The molecule has 6 heteroatoms. The molecule has 3 amide bonds. The van der Waals surface area contributed by atoms with E-state index in [1.807, 2.05) is 31.2 Å². The molecule has 6 nitrogen and oxygen atoms in total. The van der Waals surface area contributed by atoms with Gasteiger partial charge < -0.3 is 15.3 Å². The number of phenols is 1. The summed E-state index contributed by atoms with van der Waals surface area (Å²) in [6.07, 6.45) is 0. The van der Waals surface area contributed by atoms with Crippen molar-refractivity contribution in [2.24, 2.45) is 0 Å². The Bertz CT molecular complexity index is 934. The number of amides is 3. The van der Waals surface area contributed by atoms with Crippen molar-refractivity contribution < 1.29 is 14.7 Å². The standard InChI is InChI=1S/C20H19N3O3/c1-12-6-8-13(9-7-12)18-17-16(22(2)20(26)21-18)11-23(19(17)25)14-4-3-5-15(24)10-14/h3-10,18,24H,11H2,1-2H3,(H,21,26)/t18-/m1/s1. The number of benzene rings is 2. The number of nitrogens with one attached hydrogen (secondary N) is 1. The summed E-state index contributed by atoms with van der Waals surface area (Å²) in [6, 6.07) is 13.6. The van der Waals surface area contributed by atoms with Crippen LogP contribution in [0.2, 0.25) is 0 Å². The van der Waals surface area contributed by atoms with E-state index in [0.29, 0.717) is 23.5 Å². The molecule has 2 N–H and O–H groups in total. The van der Waals surface area contributed by atoms with E-state index in [0.717, 1.165) is 11.1 Å². The third-order valence-electron chi connectivity index (χ3n) is 4.91. The Labute approximate surface area is 151 Å². The summed E-state index contributed by atoms with van der Waals surface area (Å²) >= 11 is 0. The van der Waals surface area contributed by atoms with Gasteiger partial charge in [0.25, 0.3) is 5.91 Å². The van der Waals surface area contributed by atoms with E-state index < -0.39 is 6.04 Å². The van der Waals surface area contributed by atoms with E-state index >= 15 is 0 Å². The number of urea groups is 1. The zero-order valence-electron chi connectivity index (χ0n) is 14.6. The van der Waals surface area contributed by atoms with Crippen LogP contribution in [0.5, 0.6) is 5.75 Å². The highest BCUT2D eigenvalue weighted by Gasteiger charge is 2.43. The Hall–Kier alpha value is -3.28. The lowest BCUT2D eigenvalue weighted by molar-refractivity contribution is -0.114. The third kappa shape index (κ3) is 2.50. The highest BCUT2D eigenvalue weighted by Crippen LogP contribution is 2.38. The van der Waals surface area contributed by atoms with Crippen LogP contribution in [0.4, 0.5) is 10.5 Å². The van der Waals surface area contributed by atoms with Gasteiger partial charge in [0, 0.05) is 18.8 Å². The molecule has 0 fully saturated rings. The SMILES string of the molecule is Cc1ccc([C@H]2NC(=O)N(C)C3=C2C(=O)N(c2cccc(O)c2)C3)cc1. The average Bonchev–Trinajstić information content (AvgIpc) is 2.97. The number of nitrogens with zero attached hydrogens (tertiary/aromatic N) is 2. The number of phenolic OH excluding ortho intramolecular Hbond substituents is 1. The van der Waals surface area contributed by atoms with Crippen LogP contribution in [-0.2, 0) is 4.79 Å². The van der Waals surface area contributed by atoms with Crippen molar-refractivity contribution in [3.05, 3.63) is 70.9 Å². The molecule has 0 radical (unpaired) electrons. The molecule has 2 aliphatic rings. The maximum atomic E-state index is 13.2. The van der Waals surface area contributed by atoms with Gasteiger partial charge >= 0.3 is 6.03 Å². The molecule has 2 aromatic rings. The summed E-state index contributed by atoms with van der Waals surface area (Å²) in [6.45, 7) is 2.29. The molecule has 1 atom stereocenters. The zero-order chi connectivity index (χ0) is 18.4. The Morgan fingerprint density at radius 2 is 1.85 bits per heavy atom. The van der Waals surface area contributed by atoms with E-state index in [9.17, 15) is 14.7 Å². The van der Waals surface area contributed by atoms with Crippen LogP contribution < -0.4 is 10.2 Å². The molecule has 0 saturated heterocycles. The molecule has 0 bridgehead atoms. The highest BCUT2D eigenvalue weighted by atomic mass is 16.3. The van der Waals surface area contributed by atoms with Gasteiger partial charge in [-0.3, -0.25) is 9.69 Å². The number of aryl methyl sites for hydroxylation is 1. The lowest BCUT2D eigenvalue weighted by Gasteiger charge is -2.31. The number of likely N-dealkylation sites (N-methyl/N-ethyl adjacent to an activating group) is 1. The third-order valence-corrected chi connectivity index (χ3v) is 4.91. The topological polar surface area (TPSA) is 72.9 Å². The largest absolute Gasteiger partial charge is 0.508 e. The van der Waals surface area contributed by atoms with Gasteiger partial charge in [-0.25, -0.2) is 4.79 Å². The molecular formula is C20H19N3O3. The minimum atomic E-state index is -0.482. The minimum absolute atomic E-state index is 0.0952. The zero-order valence-corrected chi connectivity index (χ0v) is 14.6. The molecule has 0 saturated carbocycles. The fourth-order valence-electron chi connectivity index (χ4n) is 3.45. The van der Waals surface area contributed by atoms with Crippen LogP contribution in [0.1, 0.15) is 17.2 Å². The van der Waals surface area contributed by atoms with Gasteiger partial charge in [-0.2, -0.15) is 0 Å². The number of anilines is 1. The number of rotatable bonds is 2. The first kappa shape index (κ1) is 16.2. The summed E-state index contributed by atoms with van der Waals surface area (Å²) in [5.74, 6) is -0.0687. The van der Waals surface area contributed by atoms with E-state index in [1.165, 1.54) is 4.90 Å². The van der Waals surface area contributed by atoms with Crippen LogP contribution in [0.3, 0.4) is 0 Å². The molecule has 2 aromatic carbocycles. The second-order valence-corrected chi connectivity index (χ2v) is 6.62. The van der Waals surface area contributed by atoms with Crippen molar-refractivity contribution >= 4 is 17.6 Å². The first-order valence-corrected chi connectivity index (χ1v) is 8.40. The predicted molar refractivity (Wildman–Crippen MR) is 97.7 cm³/mol. The second kappa shape index (κ2) is 5.91. The van der Waals surface area contributed by atoms with Crippen molar-refractivity contribution in [1.82, 2.24) is 10.2 Å². The number of carbonyl (C=O) groups excluding carboxylic acids is 2. The lowest BCUT2D eigenvalue weighted by atomic mass is 9.95. The molecule has 0 unspecified atom stereocenters. The number of carbonyl (C=O) groups is 2. The minimum Gasteiger partial charge on any atom is -0.508 e. The second-order valence-electron chi connectivity index (χ2n) is 6.62. The van der Waals surface area contributed by atoms with Crippen LogP contribution in [-0.4, -0.2) is 35.5 Å². The molecule has 0 spiro atoms. The monoisotopic (exact) mass is 349 g/mol. The van der Waals surface area contributed by atoms with Crippen LogP contribution in [0.15, 0.2) is 59.8 Å². The van der Waals surface area contributed by atoms with E-state index in [1.54, 1.807) is 36.2 Å². The van der Waals surface area contributed by atoms with Gasteiger partial charge in [0.15, 0.2) is 0 Å². The molecule has 0 aliphatic carbocycles. The fourth-order valence-corrected chi connectivity index (χ4v) is 3.45. The normalized spacial score (nSPS) is 19.7. The van der Waals surface area contributed by atoms with E-state index in [-0.39, 0.29) is 17.7 Å². The first-order chi connectivity index (χ1) is 12.5. The summed E-state index contributed by atoms with van der Waals surface area (Å²) in [5.41, 5.74) is 3.84. The van der Waals surface area contributed by atoms with Gasteiger partial charge in [-0.15, -0.1) is 0 Å². The van der Waals surface area contributed by atoms with Crippen molar-refractivity contribution in [3.8, 4) is 5.75 Å². The number of hydrogen-bond acceptors (Lipinski definition) is 3. The lowest BCUT2D eigenvalue weighted by Crippen LogP contribution is -2.45. The molecule has 2 heterocycles. The number of aromatic hydroxyl groups is 1. The Morgan fingerprint density at radius 3 is 2.54 bits per heavy atom. The summed E-state index contributed by atoms with van der Waals surface area (Å²) in [7, 11) is 1.66. The predicted octanol–water partition coefficient (Wildman–Crippen LogP) is 2.70. The van der Waals surface area contributed by atoms with Gasteiger partial charge in [0.2, 0.25) is 0 Å². The maximum Gasteiger partial charge on any atom is 0.322 e. The van der Waals surface area contributed by atoms with Gasteiger partial charge in [-0.1, -0.05) is 35.9 Å². The van der Waals surface area contributed by atoms with Crippen molar-refractivity contribution in [3.63, 3.8) is 0 Å². The van der Waals surface area contributed by atoms with E-state index in [4.69, 9.17) is 0 Å². The summed E-state index contributed by atoms with van der Waals surface area (Å²) < 4.78 is 0. The quantitative estimate of drug-likeness (QED) is 0.876. The number of hydrogen-bond donors (Lipinski definition) is 2. The maximum absolute atomic E-state index is 13.2. The summed E-state index contributed by atoms with van der Waals surface area (Å²) in [5, 5.41) is 12.7. The molecule has 26 heavy (non-hydrogen) atoms. The fraction of sp³-hybridized carbons (Fsp3) is 0.200. The van der Waals surface area contributed by atoms with Crippen LogP contribution in [0, 0.1) is 6.92 Å². The van der Waals surface area contributed by atoms with Crippen LogP contribution >= 0.6 is 0 Å². The first-order valence-electron chi connectivity index (χ1n) is 8.40. The Kier molecular flexibility index (Phi) is 3.68. The summed E-state index contributed by atoms with van der Waals surface area (Å²) in [4.78, 5) is 28.6. The Morgan fingerprint density at radius 1 is 1.12 bits per heavy atom. The van der Waals surface area contributed by atoms with E-state index in [2.05, 4.69) is 5.32 Å². The average molecular weight is 349 g/mol. The smallest absolute Gasteiger partial charge is 0.322 e. The highest BCUT2D eigenvalue weighted by molar-refractivity contribution is 6.11. The molecule has 4 rings (SSSR count). The molecule has 2 aliphatic heterocycles. The van der Waals surface area contributed by atoms with Crippen molar-refractivity contribution in [1.29, 1.82) is 0 Å². The molecular weight excluding hydrogens is 330 g/mol. The van der Waals surface area contributed by atoms with Crippen molar-refractivity contribution in [2.45, 2.75) is 13.0 Å². The van der Waals surface area contributed by atoms with Gasteiger partial charge in [0.05, 0.1) is 23.9 Å². The Balaban J connectivity index is 1.76. The van der Waals surface area contributed by atoms with Crippen LogP contribution in [0.25, 0.3) is 0 Å².